The number of hydrogen-bond acceptors (Lipinski definition) is 6. The van der Waals surface area contributed by atoms with Crippen LogP contribution in [0.3, 0.4) is 0 Å². The van der Waals surface area contributed by atoms with Crippen LogP contribution in [0.15, 0.2) is 84.0 Å². The van der Waals surface area contributed by atoms with Gasteiger partial charge in [0.2, 0.25) is 5.91 Å². The second-order valence-corrected chi connectivity index (χ2v) is 7.67. The number of hydrogen-bond donors (Lipinski definition) is 1. The molecule has 1 N–H and O–H groups in total. The third-order valence-corrected chi connectivity index (χ3v) is 5.56. The van der Waals surface area contributed by atoms with E-state index < -0.39 is 0 Å². The second-order valence-electron chi connectivity index (χ2n) is 6.73. The monoisotopic (exact) mass is 441 g/mol. The van der Waals surface area contributed by atoms with Crippen molar-refractivity contribution in [3.05, 3.63) is 84.4 Å². The largest absolute Gasteiger partial charge is 0.497 e. The van der Waals surface area contributed by atoms with Gasteiger partial charge in [-0.2, -0.15) is 5.26 Å². The summed E-state index contributed by atoms with van der Waals surface area (Å²) in [6.07, 6.45) is 0. The number of nitrogens with one attached hydrogen (secondary N) is 1. The standard InChI is InChI=1S/C24H19N5O2S/c1-31-21-13-11-20(12-14-21)29-23(18-5-3-2-4-6-18)27-28-24(29)32-16-22(30)26-19-9-7-17(15-25)8-10-19/h2-14H,16H2,1H3,(H,26,30). The lowest BCUT2D eigenvalue weighted by Gasteiger charge is -2.11. The van der Waals surface area contributed by atoms with Gasteiger partial charge in [-0.15, -0.1) is 10.2 Å². The summed E-state index contributed by atoms with van der Waals surface area (Å²) in [5.74, 6) is 1.42. The Morgan fingerprint density at radius 1 is 1.03 bits per heavy atom. The number of nitrogens with zero attached hydrogens (tertiary/aromatic N) is 4. The highest BCUT2D eigenvalue weighted by Gasteiger charge is 2.17. The number of thioether (sulfide) groups is 1. The molecule has 0 bridgehead atoms. The van der Waals surface area contributed by atoms with E-state index in [4.69, 9.17) is 10.00 Å². The summed E-state index contributed by atoms with van der Waals surface area (Å²) in [6, 6.07) is 26.2. The molecule has 0 atom stereocenters. The van der Waals surface area contributed by atoms with Crippen LogP contribution < -0.4 is 10.1 Å². The first kappa shape index (κ1) is 21.2. The van der Waals surface area contributed by atoms with Crippen molar-refractivity contribution in [1.29, 1.82) is 5.26 Å². The normalized spacial score (nSPS) is 10.4. The zero-order chi connectivity index (χ0) is 22.3. The number of ether oxygens (including phenoxy) is 1. The molecular weight excluding hydrogens is 422 g/mol. The van der Waals surface area contributed by atoms with Crippen molar-refractivity contribution < 1.29 is 9.53 Å². The first-order valence-corrected chi connectivity index (χ1v) is 10.7. The van der Waals surface area contributed by atoms with Gasteiger partial charge in [-0.05, 0) is 48.5 Å². The Labute approximate surface area is 189 Å². The van der Waals surface area contributed by atoms with Crippen LogP contribution in [0, 0.1) is 11.3 Å². The van der Waals surface area contributed by atoms with Gasteiger partial charge < -0.3 is 10.1 Å². The van der Waals surface area contributed by atoms with Gasteiger partial charge in [0.05, 0.1) is 24.5 Å². The van der Waals surface area contributed by atoms with Crippen LogP contribution in [0.5, 0.6) is 5.75 Å². The highest BCUT2D eigenvalue weighted by atomic mass is 32.2. The number of carbonyl (C=O) groups excluding carboxylic acids is 1. The zero-order valence-electron chi connectivity index (χ0n) is 17.2. The van der Waals surface area contributed by atoms with Gasteiger partial charge in [0.1, 0.15) is 5.75 Å². The Kier molecular flexibility index (Phi) is 6.49. The van der Waals surface area contributed by atoms with Crippen molar-refractivity contribution in [2.24, 2.45) is 0 Å². The van der Waals surface area contributed by atoms with Crippen molar-refractivity contribution in [3.63, 3.8) is 0 Å². The fourth-order valence-electron chi connectivity index (χ4n) is 3.06. The molecule has 8 heteroatoms. The molecule has 1 heterocycles. The molecule has 1 aromatic heterocycles. The number of benzene rings is 3. The molecule has 0 radical (unpaired) electrons. The molecule has 0 aliphatic rings. The molecule has 0 spiro atoms. The zero-order valence-corrected chi connectivity index (χ0v) is 18.0. The van der Waals surface area contributed by atoms with Crippen molar-refractivity contribution in [1.82, 2.24) is 14.8 Å². The topological polar surface area (TPSA) is 92.8 Å². The minimum absolute atomic E-state index is 0.156. The fourth-order valence-corrected chi connectivity index (χ4v) is 3.81. The van der Waals surface area contributed by atoms with E-state index in [-0.39, 0.29) is 11.7 Å². The second kappa shape index (κ2) is 9.81. The van der Waals surface area contributed by atoms with E-state index in [2.05, 4.69) is 21.6 Å². The third-order valence-electron chi connectivity index (χ3n) is 4.63. The average molecular weight is 442 g/mol. The van der Waals surface area contributed by atoms with E-state index in [0.29, 0.717) is 22.2 Å². The molecule has 32 heavy (non-hydrogen) atoms. The summed E-state index contributed by atoms with van der Waals surface area (Å²) in [7, 11) is 1.62. The molecule has 0 fully saturated rings. The van der Waals surface area contributed by atoms with Crippen molar-refractivity contribution in [2.75, 3.05) is 18.2 Å². The minimum atomic E-state index is -0.176. The van der Waals surface area contributed by atoms with Crippen LogP contribution in [0.4, 0.5) is 5.69 Å². The van der Waals surface area contributed by atoms with Gasteiger partial charge in [0.25, 0.3) is 0 Å². The third kappa shape index (κ3) is 4.79. The predicted molar refractivity (Wildman–Crippen MR) is 124 cm³/mol. The van der Waals surface area contributed by atoms with E-state index in [1.807, 2.05) is 59.2 Å². The van der Waals surface area contributed by atoms with Gasteiger partial charge in [0.15, 0.2) is 11.0 Å². The van der Waals surface area contributed by atoms with Crippen LogP contribution in [0.25, 0.3) is 17.1 Å². The highest BCUT2D eigenvalue weighted by molar-refractivity contribution is 7.99. The minimum Gasteiger partial charge on any atom is -0.497 e. The Morgan fingerprint density at radius 2 is 1.75 bits per heavy atom. The summed E-state index contributed by atoms with van der Waals surface area (Å²) in [6.45, 7) is 0. The Morgan fingerprint density at radius 3 is 2.41 bits per heavy atom. The maximum atomic E-state index is 12.5. The van der Waals surface area contributed by atoms with E-state index in [1.54, 1.807) is 31.4 Å². The first-order valence-electron chi connectivity index (χ1n) is 9.76. The number of methoxy groups -OCH3 is 1. The van der Waals surface area contributed by atoms with Crippen LogP contribution >= 0.6 is 11.8 Å². The van der Waals surface area contributed by atoms with Gasteiger partial charge in [-0.1, -0.05) is 42.1 Å². The quantitative estimate of drug-likeness (QED) is 0.423. The van der Waals surface area contributed by atoms with Gasteiger partial charge in [-0.3, -0.25) is 9.36 Å². The molecule has 4 aromatic rings. The van der Waals surface area contributed by atoms with Gasteiger partial charge in [-0.25, -0.2) is 0 Å². The lowest BCUT2D eigenvalue weighted by atomic mass is 10.2. The molecule has 0 unspecified atom stereocenters. The van der Waals surface area contributed by atoms with E-state index >= 15 is 0 Å². The maximum absolute atomic E-state index is 12.5. The molecule has 158 valence electrons. The van der Waals surface area contributed by atoms with Gasteiger partial charge in [0, 0.05) is 16.9 Å². The lowest BCUT2D eigenvalue weighted by Crippen LogP contribution is -2.14. The molecule has 0 saturated heterocycles. The number of nitriles is 1. The molecule has 0 saturated carbocycles. The van der Waals surface area contributed by atoms with Crippen LogP contribution in [0.1, 0.15) is 5.56 Å². The average Bonchev–Trinajstić information content (AvgIpc) is 3.28. The summed E-state index contributed by atoms with van der Waals surface area (Å²) < 4.78 is 7.19. The summed E-state index contributed by atoms with van der Waals surface area (Å²) in [5.41, 5.74) is 2.96. The molecular formula is C24H19N5O2S. The van der Waals surface area contributed by atoms with E-state index in [1.165, 1.54) is 11.8 Å². The molecule has 7 nitrogen and oxygen atoms in total. The SMILES string of the molecule is COc1ccc(-n2c(SCC(=O)Nc3ccc(C#N)cc3)nnc2-c2ccccc2)cc1. The number of amides is 1. The molecule has 0 aliphatic heterocycles. The smallest absolute Gasteiger partial charge is 0.234 e. The molecule has 3 aromatic carbocycles. The van der Waals surface area contributed by atoms with E-state index in [9.17, 15) is 4.79 Å². The molecule has 0 aliphatic carbocycles. The number of anilines is 1. The summed E-state index contributed by atoms with van der Waals surface area (Å²) in [5, 5.41) is 21.1. The van der Waals surface area contributed by atoms with Gasteiger partial charge >= 0.3 is 0 Å². The molecule has 4 rings (SSSR count). The highest BCUT2D eigenvalue weighted by Crippen LogP contribution is 2.29. The number of carbonyl (C=O) groups is 1. The lowest BCUT2D eigenvalue weighted by molar-refractivity contribution is -0.113. The number of aromatic nitrogens is 3. The fraction of sp³-hybridized carbons (Fsp3) is 0.0833. The first-order chi connectivity index (χ1) is 15.7. The van der Waals surface area contributed by atoms with E-state index in [0.717, 1.165) is 17.0 Å². The number of rotatable bonds is 7. The predicted octanol–water partition coefficient (Wildman–Crippen LogP) is 4.55. The maximum Gasteiger partial charge on any atom is 0.234 e. The van der Waals surface area contributed by atoms with Crippen LogP contribution in [-0.2, 0) is 4.79 Å². The summed E-state index contributed by atoms with van der Waals surface area (Å²) in [4.78, 5) is 12.5. The van der Waals surface area contributed by atoms with Crippen LogP contribution in [-0.4, -0.2) is 33.5 Å². The van der Waals surface area contributed by atoms with Crippen molar-refractivity contribution >= 4 is 23.4 Å². The Balaban J connectivity index is 1.57. The Hall–Kier alpha value is -4.09. The van der Waals surface area contributed by atoms with Crippen molar-refractivity contribution in [3.8, 4) is 28.9 Å². The molecule has 1 amide bonds. The summed E-state index contributed by atoms with van der Waals surface area (Å²) >= 11 is 1.30. The van der Waals surface area contributed by atoms with Crippen molar-refractivity contribution in [2.45, 2.75) is 5.16 Å². The van der Waals surface area contributed by atoms with Crippen LogP contribution in [0.2, 0.25) is 0 Å². The Bertz CT molecular complexity index is 1250.